The largest absolute Gasteiger partial charge is 0.384 e. The van der Waals surface area contributed by atoms with Gasteiger partial charge in [0, 0.05) is 55.3 Å². The number of hydrogen-bond donors (Lipinski definition) is 3. The van der Waals surface area contributed by atoms with E-state index in [4.69, 9.17) is 4.98 Å². The van der Waals surface area contributed by atoms with Crippen LogP contribution in [0.2, 0.25) is 0 Å². The summed E-state index contributed by atoms with van der Waals surface area (Å²) in [5.74, 6) is 1.22. The van der Waals surface area contributed by atoms with Gasteiger partial charge in [0.05, 0.1) is 5.69 Å². The van der Waals surface area contributed by atoms with E-state index in [-0.39, 0.29) is 0 Å². The molecule has 1 fully saturated rings. The molecule has 0 radical (unpaired) electrons. The van der Waals surface area contributed by atoms with E-state index >= 15 is 0 Å². The van der Waals surface area contributed by atoms with Crippen molar-refractivity contribution in [3.05, 3.63) is 66.6 Å². The Kier molecular flexibility index (Phi) is 5.24. The van der Waals surface area contributed by atoms with Gasteiger partial charge in [-0.3, -0.25) is 4.57 Å². The molecule has 3 N–H and O–H groups in total. The van der Waals surface area contributed by atoms with Crippen LogP contribution in [0.15, 0.2) is 60.9 Å². The van der Waals surface area contributed by atoms with E-state index in [0.717, 1.165) is 42.9 Å². The van der Waals surface area contributed by atoms with Crippen LogP contribution in [0, 0.1) is 0 Å². The maximum atomic E-state index is 10.3. The minimum Gasteiger partial charge on any atom is -0.384 e. The fourth-order valence-corrected chi connectivity index (χ4v) is 3.87. The second-order valence-electron chi connectivity index (χ2n) is 8.51. The Morgan fingerprint density at radius 2 is 1.78 bits per heavy atom. The fourth-order valence-electron chi connectivity index (χ4n) is 3.87. The van der Waals surface area contributed by atoms with E-state index in [1.54, 1.807) is 20.0 Å². The molecule has 32 heavy (non-hydrogen) atoms. The number of rotatable bonds is 5. The average molecular weight is 430 g/mol. The van der Waals surface area contributed by atoms with Gasteiger partial charge in [0.2, 0.25) is 5.95 Å². The van der Waals surface area contributed by atoms with Gasteiger partial charge in [-0.1, -0.05) is 6.07 Å². The second kappa shape index (κ2) is 8.22. The van der Waals surface area contributed by atoms with Crippen LogP contribution in [0.5, 0.6) is 0 Å². The van der Waals surface area contributed by atoms with Crippen LogP contribution in [-0.4, -0.2) is 50.8 Å². The van der Waals surface area contributed by atoms with Crippen molar-refractivity contribution in [1.82, 2.24) is 24.8 Å². The van der Waals surface area contributed by atoms with Crippen molar-refractivity contribution in [3.63, 3.8) is 0 Å². The van der Waals surface area contributed by atoms with Crippen molar-refractivity contribution in [1.29, 1.82) is 0 Å². The molecule has 0 atom stereocenters. The zero-order chi connectivity index (χ0) is 22.1. The van der Waals surface area contributed by atoms with Crippen LogP contribution < -0.4 is 15.5 Å². The number of piperazine rings is 1. The molecule has 4 heterocycles. The van der Waals surface area contributed by atoms with Crippen LogP contribution in [0.1, 0.15) is 19.5 Å². The van der Waals surface area contributed by atoms with Crippen molar-refractivity contribution < 1.29 is 5.11 Å². The number of nitrogens with one attached hydrogen (secondary N) is 2. The highest BCUT2D eigenvalue weighted by molar-refractivity contribution is 5.78. The third-order valence-electron chi connectivity index (χ3n) is 5.64. The normalized spacial score (nSPS) is 14.7. The number of aromatic nitrogens is 4. The zero-order valence-electron chi connectivity index (χ0n) is 18.3. The summed E-state index contributed by atoms with van der Waals surface area (Å²) in [5, 5.41) is 17.9. The van der Waals surface area contributed by atoms with Crippen molar-refractivity contribution in [3.8, 4) is 5.82 Å². The summed E-state index contributed by atoms with van der Waals surface area (Å²) in [6, 6.07) is 15.9. The minimum atomic E-state index is -1.02. The molecule has 0 aliphatic carbocycles. The predicted molar refractivity (Wildman–Crippen MR) is 127 cm³/mol. The Hall–Kier alpha value is -3.49. The number of fused-ring (bicyclic) bond motifs is 1. The van der Waals surface area contributed by atoms with Crippen molar-refractivity contribution in [2.24, 2.45) is 0 Å². The first-order chi connectivity index (χ1) is 15.5. The van der Waals surface area contributed by atoms with E-state index < -0.39 is 5.60 Å². The molecule has 1 aliphatic heterocycles. The summed E-state index contributed by atoms with van der Waals surface area (Å²) in [7, 11) is 0. The first-order valence-electron chi connectivity index (χ1n) is 10.8. The summed E-state index contributed by atoms with van der Waals surface area (Å²) in [5.41, 5.74) is 2.50. The molecule has 0 saturated carbocycles. The van der Waals surface area contributed by atoms with Gasteiger partial charge in [0.1, 0.15) is 11.4 Å². The lowest BCUT2D eigenvalue weighted by atomic mass is 10.1. The van der Waals surface area contributed by atoms with Crippen LogP contribution in [0.4, 0.5) is 17.3 Å². The van der Waals surface area contributed by atoms with E-state index in [0.29, 0.717) is 17.5 Å². The lowest BCUT2D eigenvalue weighted by molar-refractivity contribution is 0.0738. The quantitative estimate of drug-likeness (QED) is 0.449. The molecule has 0 spiro atoms. The van der Waals surface area contributed by atoms with E-state index in [1.165, 1.54) is 5.69 Å². The van der Waals surface area contributed by atoms with Gasteiger partial charge >= 0.3 is 0 Å². The Bertz CT molecular complexity index is 1220. The highest BCUT2D eigenvalue weighted by Gasteiger charge is 2.19. The smallest absolute Gasteiger partial charge is 0.229 e. The highest BCUT2D eigenvalue weighted by Crippen LogP contribution is 2.24. The lowest BCUT2D eigenvalue weighted by Crippen LogP contribution is -2.43. The van der Waals surface area contributed by atoms with Gasteiger partial charge in [-0.25, -0.2) is 9.97 Å². The maximum Gasteiger partial charge on any atom is 0.229 e. The number of benzene rings is 1. The molecule has 1 saturated heterocycles. The third kappa shape index (κ3) is 4.15. The average Bonchev–Trinajstić information content (AvgIpc) is 3.23. The van der Waals surface area contributed by atoms with Gasteiger partial charge in [0.15, 0.2) is 5.65 Å². The Labute approximate surface area is 187 Å². The molecule has 1 aliphatic rings. The third-order valence-corrected chi connectivity index (χ3v) is 5.64. The van der Waals surface area contributed by atoms with E-state index in [2.05, 4.69) is 49.8 Å². The van der Waals surface area contributed by atoms with Gasteiger partial charge in [0.25, 0.3) is 0 Å². The lowest BCUT2D eigenvalue weighted by Gasteiger charge is -2.29. The summed E-state index contributed by atoms with van der Waals surface area (Å²) in [6.45, 7) is 7.52. The summed E-state index contributed by atoms with van der Waals surface area (Å²) < 4.78 is 1.91. The number of nitrogens with zero attached hydrogens (tertiary/aromatic N) is 5. The molecule has 4 aromatic rings. The Balaban J connectivity index is 1.40. The molecule has 1 aromatic carbocycles. The number of aliphatic hydroxyl groups is 1. The van der Waals surface area contributed by atoms with Gasteiger partial charge in [-0.2, -0.15) is 4.98 Å². The highest BCUT2D eigenvalue weighted by atomic mass is 16.3. The molecular formula is C24H27N7O. The molecule has 164 valence electrons. The van der Waals surface area contributed by atoms with Crippen LogP contribution in [-0.2, 0) is 5.60 Å². The number of pyridine rings is 1. The predicted octanol–water partition coefficient (Wildman–Crippen LogP) is 3.20. The Morgan fingerprint density at radius 3 is 2.53 bits per heavy atom. The van der Waals surface area contributed by atoms with Crippen LogP contribution in [0.3, 0.4) is 0 Å². The first kappa shape index (κ1) is 20.4. The van der Waals surface area contributed by atoms with Gasteiger partial charge < -0.3 is 20.6 Å². The molecule has 8 heteroatoms. The van der Waals surface area contributed by atoms with Crippen molar-refractivity contribution in [2.75, 3.05) is 36.4 Å². The monoisotopic (exact) mass is 429 g/mol. The molecule has 0 bridgehead atoms. The zero-order valence-corrected chi connectivity index (χ0v) is 18.3. The molecular weight excluding hydrogens is 402 g/mol. The fraction of sp³-hybridized carbons (Fsp3) is 0.292. The van der Waals surface area contributed by atoms with Crippen LogP contribution >= 0.6 is 0 Å². The van der Waals surface area contributed by atoms with Crippen LogP contribution in [0.25, 0.3) is 16.9 Å². The SMILES string of the molecule is CC(C)(O)c1cccc(-n2ccc3cnc(Nc4ccc(N5CCNCC5)cc4)nc32)n1. The van der Waals surface area contributed by atoms with Gasteiger partial charge in [-0.05, 0) is 56.3 Å². The summed E-state index contributed by atoms with van der Waals surface area (Å²) >= 11 is 0. The van der Waals surface area contributed by atoms with Gasteiger partial charge in [-0.15, -0.1) is 0 Å². The van der Waals surface area contributed by atoms with Crippen molar-refractivity contribution >= 4 is 28.4 Å². The minimum absolute atomic E-state index is 0.519. The van der Waals surface area contributed by atoms with E-state index in [1.807, 2.05) is 35.0 Å². The second-order valence-corrected chi connectivity index (χ2v) is 8.51. The maximum absolute atomic E-state index is 10.3. The summed E-state index contributed by atoms with van der Waals surface area (Å²) in [4.78, 5) is 16.2. The van der Waals surface area contributed by atoms with E-state index in [9.17, 15) is 5.11 Å². The molecule has 0 amide bonds. The summed E-state index contributed by atoms with van der Waals surface area (Å²) in [6.07, 6.45) is 3.72. The molecule has 0 unspecified atom stereocenters. The van der Waals surface area contributed by atoms with Crippen molar-refractivity contribution in [2.45, 2.75) is 19.4 Å². The topological polar surface area (TPSA) is 91.1 Å². The molecule has 8 nitrogen and oxygen atoms in total. The number of anilines is 3. The molecule has 5 rings (SSSR count). The molecule has 3 aromatic heterocycles. The standard InChI is InChI=1S/C24H27N7O/c1-24(2,32)20-4-3-5-21(28-20)31-13-10-17-16-26-23(29-22(17)31)27-18-6-8-19(9-7-18)30-14-11-25-12-15-30/h3-10,13,16,25,32H,11-12,14-15H2,1-2H3,(H,26,27,29). The Morgan fingerprint density at radius 1 is 1.00 bits per heavy atom. The first-order valence-corrected chi connectivity index (χ1v) is 10.8. The number of hydrogen-bond acceptors (Lipinski definition) is 7.